The van der Waals surface area contributed by atoms with Gasteiger partial charge in [0.05, 0.1) is 11.8 Å². The third kappa shape index (κ3) is 3.63. The highest BCUT2D eigenvalue weighted by Gasteiger charge is 2.39. The topological polar surface area (TPSA) is 58.4 Å². The minimum Gasteiger partial charge on any atom is -0.469 e. The van der Waals surface area contributed by atoms with Crippen LogP contribution in [0.5, 0.6) is 0 Å². The van der Waals surface area contributed by atoms with Crippen molar-refractivity contribution in [3.8, 4) is 0 Å². The molecule has 0 fully saturated rings. The molecule has 2 aliphatic rings. The van der Waals surface area contributed by atoms with E-state index in [1.165, 1.54) is 5.69 Å². The molecular formula is C30H29N3O2. The van der Waals surface area contributed by atoms with Gasteiger partial charge in [0.25, 0.3) is 0 Å². The summed E-state index contributed by atoms with van der Waals surface area (Å²) in [5, 5.41) is 4.73. The van der Waals surface area contributed by atoms with E-state index in [1.54, 1.807) is 6.26 Å². The summed E-state index contributed by atoms with van der Waals surface area (Å²) in [5.41, 5.74) is 7.36. The first-order valence-corrected chi connectivity index (χ1v) is 12.5. The van der Waals surface area contributed by atoms with Gasteiger partial charge in [-0.25, -0.2) is 0 Å². The van der Waals surface area contributed by atoms with Gasteiger partial charge in [0.2, 0.25) is 0 Å². The molecule has 0 radical (unpaired) electrons. The number of carbonyl (C=O) groups is 1. The summed E-state index contributed by atoms with van der Waals surface area (Å²) in [7, 11) is 0. The Morgan fingerprint density at radius 3 is 2.57 bits per heavy atom. The van der Waals surface area contributed by atoms with Crippen LogP contribution in [0.1, 0.15) is 55.4 Å². The first kappa shape index (κ1) is 21.7. The Labute approximate surface area is 205 Å². The van der Waals surface area contributed by atoms with Crippen LogP contribution in [-0.2, 0) is 4.79 Å². The number of benzene rings is 2. The predicted octanol–water partition coefficient (Wildman–Crippen LogP) is 6.63. The lowest BCUT2D eigenvalue weighted by molar-refractivity contribution is -0.116. The molecule has 1 aliphatic carbocycles. The number of aromatic nitrogens is 1. The summed E-state index contributed by atoms with van der Waals surface area (Å²) in [6.45, 7) is 6.27. The summed E-state index contributed by atoms with van der Waals surface area (Å²) in [5.74, 6) is 0.980. The van der Waals surface area contributed by atoms with Crippen LogP contribution in [0.2, 0.25) is 0 Å². The third-order valence-electron chi connectivity index (χ3n) is 7.50. The second-order valence-corrected chi connectivity index (χ2v) is 9.35. The van der Waals surface area contributed by atoms with Crippen molar-refractivity contribution in [1.29, 1.82) is 0 Å². The molecule has 3 heterocycles. The highest BCUT2D eigenvalue weighted by atomic mass is 16.3. The van der Waals surface area contributed by atoms with E-state index in [0.29, 0.717) is 6.42 Å². The van der Waals surface area contributed by atoms with Crippen LogP contribution >= 0.6 is 0 Å². The molecule has 0 saturated heterocycles. The van der Waals surface area contributed by atoms with Gasteiger partial charge in [-0.1, -0.05) is 18.2 Å². The van der Waals surface area contributed by atoms with E-state index in [2.05, 4.69) is 71.5 Å². The van der Waals surface area contributed by atoms with Gasteiger partial charge in [-0.3, -0.25) is 9.78 Å². The number of rotatable bonds is 5. The fourth-order valence-electron chi connectivity index (χ4n) is 5.81. The Morgan fingerprint density at radius 2 is 1.83 bits per heavy atom. The van der Waals surface area contributed by atoms with Gasteiger partial charge < -0.3 is 14.6 Å². The molecule has 0 unspecified atom stereocenters. The number of carbonyl (C=O) groups excluding carboxylic acids is 1. The second kappa shape index (κ2) is 8.73. The van der Waals surface area contributed by atoms with Gasteiger partial charge in [-0.15, -0.1) is 0 Å². The van der Waals surface area contributed by atoms with E-state index in [-0.39, 0.29) is 17.6 Å². The van der Waals surface area contributed by atoms with Crippen molar-refractivity contribution < 1.29 is 9.21 Å². The van der Waals surface area contributed by atoms with Crippen molar-refractivity contribution in [3.63, 3.8) is 0 Å². The lowest BCUT2D eigenvalue weighted by atomic mass is 9.72. The molecule has 1 N–H and O–H groups in total. The van der Waals surface area contributed by atoms with Gasteiger partial charge in [0.1, 0.15) is 5.76 Å². The van der Waals surface area contributed by atoms with E-state index in [0.717, 1.165) is 64.3 Å². The Balaban J connectivity index is 1.52. The van der Waals surface area contributed by atoms with E-state index in [1.807, 2.05) is 24.4 Å². The van der Waals surface area contributed by atoms with Crippen molar-refractivity contribution >= 4 is 28.1 Å². The first-order chi connectivity index (χ1) is 17.2. The van der Waals surface area contributed by atoms with E-state index < -0.39 is 0 Å². The zero-order valence-electron chi connectivity index (χ0n) is 20.1. The number of ketones is 1. The SMILES string of the molecule is CCN(CC)c1ccc([C@H]2C3=C(C[C@H](c4ccco4)CC3=O)Nc3ccc4ncccc4c32)cc1. The Morgan fingerprint density at radius 1 is 1.00 bits per heavy atom. The number of anilines is 2. The molecule has 2 aromatic heterocycles. The van der Waals surface area contributed by atoms with Gasteiger partial charge >= 0.3 is 0 Å². The molecule has 4 aromatic rings. The van der Waals surface area contributed by atoms with Crippen LogP contribution in [0.4, 0.5) is 11.4 Å². The third-order valence-corrected chi connectivity index (χ3v) is 7.50. The minimum atomic E-state index is -0.134. The number of hydrogen-bond donors (Lipinski definition) is 1. The zero-order chi connectivity index (χ0) is 23.9. The summed E-state index contributed by atoms with van der Waals surface area (Å²) in [4.78, 5) is 20.7. The Hall–Kier alpha value is -3.86. The summed E-state index contributed by atoms with van der Waals surface area (Å²) in [6, 6.07) is 20.9. The molecule has 5 heteroatoms. The summed E-state index contributed by atoms with van der Waals surface area (Å²) >= 11 is 0. The average molecular weight is 464 g/mol. The van der Waals surface area contributed by atoms with Gasteiger partial charge in [-0.05, 0) is 73.9 Å². The molecule has 1 aliphatic heterocycles. The molecule has 2 atom stereocenters. The number of Topliss-reactive ketones (excluding diaryl/α,β-unsaturated/α-hetero) is 1. The summed E-state index contributed by atoms with van der Waals surface area (Å²) in [6.07, 6.45) is 4.73. The molecule has 0 bridgehead atoms. The lowest BCUT2D eigenvalue weighted by Gasteiger charge is -2.37. The number of nitrogens with zero attached hydrogens (tertiary/aromatic N) is 2. The van der Waals surface area contributed by atoms with Crippen molar-refractivity contribution in [1.82, 2.24) is 4.98 Å². The van der Waals surface area contributed by atoms with Crippen LogP contribution in [-0.4, -0.2) is 23.9 Å². The fourth-order valence-corrected chi connectivity index (χ4v) is 5.81. The van der Waals surface area contributed by atoms with Gasteiger partial charge in [0.15, 0.2) is 5.78 Å². The molecule has 0 amide bonds. The molecule has 0 saturated carbocycles. The highest BCUT2D eigenvalue weighted by molar-refractivity contribution is 6.04. The number of furan rings is 1. The monoisotopic (exact) mass is 463 g/mol. The number of nitrogens with one attached hydrogen (secondary N) is 1. The van der Waals surface area contributed by atoms with Gasteiger partial charge in [-0.2, -0.15) is 0 Å². The standard InChI is InChI=1S/C30H29N3O2/c1-3-33(4-2)21-11-9-19(10-12-21)28-29-22-7-5-15-31-23(22)13-14-24(29)32-25-17-20(18-26(34)30(25)28)27-8-6-16-35-27/h5-16,20,28,32H,3-4,17-18H2,1-2H3/t20-,28+/m0/s1. The zero-order valence-corrected chi connectivity index (χ0v) is 20.1. The molecule has 35 heavy (non-hydrogen) atoms. The number of allylic oxidation sites excluding steroid dienone is 2. The maximum Gasteiger partial charge on any atom is 0.162 e. The predicted molar refractivity (Wildman–Crippen MR) is 140 cm³/mol. The maximum atomic E-state index is 13.8. The lowest BCUT2D eigenvalue weighted by Crippen LogP contribution is -2.30. The number of pyridine rings is 1. The molecular weight excluding hydrogens is 434 g/mol. The van der Waals surface area contributed by atoms with Crippen molar-refractivity contribution in [2.75, 3.05) is 23.3 Å². The van der Waals surface area contributed by atoms with Crippen molar-refractivity contribution in [2.45, 2.75) is 38.5 Å². The van der Waals surface area contributed by atoms with E-state index in [9.17, 15) is 4.79 Å². The largest absolute Gasteiger partial charge is 0.469 e. The van der Waals surface area contributed by atoms with Crippen molar-refractivity contribution in [3.05, 3.63) is 101 Å². The Bertz CT molecular complexity index is 1420. The Kier molecular flexibility index (Phi) is 5.40. The maximum absolute atomic E-state index is 13.8. The van der Waals surface area contributed by atoms with Crippen LogP contribution in [0.15, 0.2) is 88.8 Å². The van der Waals surface area contributed by atoms with E-state index >= 15 is 0 Å². The smallest absolute Gasteiger partial charge is 0.162 e. The van der Waals surface area contributed by atoms with Crippen LogP contribution in [0.25, 0.3) is 10.9 Å². The average Bonchev–Trinajstić information content (AvgIpc) is 3.44. The number of hydrogen-bond acceptors (Lipinski definition) is 5. The molecule has 2 aromatic carbocycles. The number of fused-ring (bicyclic) bond motifs is 3. The molecule has 5 nitrogen and oxygen atoms in total. The molecule has 6 rings (SSSR count). The highest BCUT2D eigenvalue weighted by Crippen LogP contribution is 2.50. The molecule has 0 spiro atoms. The second-order valence-electron chi connectivity index (χ2n) is 9.35. The fraction of sp³-hybridized carbons (Fsp3) is 0.267. The van der Waals surface area contributed by atoms with Crippen molar-refractivity contribution in [2.24, 2.45) is 0 Å². The quantitative estimate of drug-likeness (QED) is 0.360. The molecule has 176 valence electrons. The van der Waals surface area contributed by atoms with Gasteiger partial charge in [0, 0.05) is 65.6 Å². The van der Waals surface area contributed by atoms with Crippen LogP contribution in [0, 0.1) is 0 Å². The van der Waals surface area contributed by atoms with Crippen LogP contribution < -0.4 is 10.2 Å². The minimum absolute atomic E-state index is 0.0538. The summed E-state index contributed by atoms with van der Waals surface area (Å²) < 4.78 is 5.68. The van der Waals surface area contributed by atoms with Crippen LogP contribution in [0.3, 0.4) is 0 Å². The first-order valence-electron chi connectivity index (χ1n) is 12.5. The van der Waals surface area contributed by atoms with E-state index in [4.69, 9.17) is 4.42 Å². The normalized spacial score (nSPS) is 19.3.